The Balaban J connectivity index is 1.52. The lowest BCUT2D eigenvalue weighted by Gasteiger charge is -2.16. The van der Waals surface area contributed by atoms with Crippen molar-refractivity contribution in [1.29, 1.82) is 0 Å². The summed E-state index contributed by atoms with van der Waals surface area (Å²) in [5, 5.41) is 14.6. The molecule has 0 fully saturated rings. The van der Waals surface area contributed by atoms with E-state index in [0.717, 1.165) is 59.3 Å². The van der Waals surface area contributed by atoms with Gasteiger partial charge in [-0.2, -0.15) is 5.21 Å². The smallest absolute Gasteiger partial charge is 0.292 e. The van der Waals surface area contributed by atoms with Crippen molar-refractivity contribution in [3.05, 3.63) is 106 Å². The van der Waals surface area contributed by atoms with E-state index in [-0.39, 0.29) is 5.69 Å². The minimum Gasteiger partial charge on any atom is -0.292 e. The molecule has 0 aliphatic rings. The maximum atomic E-state index is 14.0. The predicted octanol–water partition coefficient (Wildman–Crippen LogP) is 6.56. The molecule has 2 heterocycles. The second-order valence-electron chi connectivity index (χ2n) is 10.3. The van der Waals surface area contributed by atoms with Crippen LogP contribution in [0.25, 0.3) is 28.2 Å². The lowest BCUT2D eigenvalue weighted by molar-refractivity contribution is 0.672. The number of nitrogens with zero attached hydrogens (tertiary/aromatic N) is 5. The van der Waals surface area contributed by atoms with E-state index in [9.17, 15) is 4.79 Å². The molecule has 5 rings (SSSR count). The lowest BCUT2D eigenvalue weighted by Crippen LogP contribution is -2.26. The van der Waals surface area contributed by atoms with Crippen molar-refractivity contribution in [3.63, 3.8) is 0 Å². The maximum absolute atomic E-state index is 14.0. The number of unbranched alkanes of at least 4 members (excludes halogenated alkanes) is 1. The van der Waals surface area contributed by atoms with Crippen molar-refractivity contribution in [2.75, 3.05) is 0 Å². The van der Waals surface area contributed by atoms with Gasteiger partial charge in [0.2, 0.25) is 5.82 Å². The van der Waals surface area contributed by atoms with Gasteiger partial charge >= 0.3 is 5.69 Å². The number of H-pyrrole nitrogens is 1. The summed E-state index contributed by atoms with van der Waals surface area (Å²) in [6.45, 7) is 9.26. The Bertz CT molecular complexity index is 1590. The van der Waals surface area contributed by atoms with E-state index in [2.05, 4.69) is 103 Å². The topological polar surface area (TPSA) is 81.4 Å². The molecule has 0 spiro atoms. The first-order chi connectivity index (χ1) is 19.0. The highest BCUT2D eigenvalue weighted by Gasteiger charge is 2.19. The summed E-state index contributed by atoms with van der Waals surface area (Å²) in [5.74, 6) is 0.889. The van der Waals surface area contributed by atoms with Gasteiger partial charge in [0.25, 0.3) is 0 Å². The zero-order valence-electron chi connectivity index (χ0n) is 23.2. The summed E-state index contributed by atoms with van der Waals surface area (Å²) in [6.07, 6.45) is 5.96. The molecule has 2 aromatic heterocycles. The van der Waals surface area contributed by atoms with Crippen LogP contribution in [0.5, 0.6) is 0 Å². The zero-order valence-corrected chi connectivity index (χ0v) is 23.2. The van der Waals surface area contributed by atoms with Crippen molar-refractivity contribution in [2.45, 2.75) is 65.8 Å². The molecule has 7 heteroatoms. The van der Waals surface area contributed by atoms with Crippen molar-refractivity contribution < 1.29 is 0 Å². The molecule has 1 N–H and O–H groups in total. The fraction of sp³-hybridized carbons (Fsp3) is 0.312. The minimum absolute atomic E-state index is 0.0235. The Morgan fingerprint density at radius 3 is 2.36 bits per heavy atom. The Morgan fingerprint density at radius 1 is 0.923 bits per heavy atom. The number of nitrogens with one attached hydrogen (secondary N) is 1. The molecule has 39 heavy (non-hydrogen) atoms. The van der Waals surface area contributed by atoms with Crippen LogP contribution in [0, 0.1) is 0 Å². The van der Waals surface area contributed by atoms with E-state index in [4.69, 9.17) is 0 Å². The molecule has 5 aromatic rings. The minimum atomic E-state index is 0.0235. The highest BCUT2D eigenvalue weighted by atomic mass is 16.1. The number of aromatic nitrogens is 6. The number of para-hydroxylation sites is 1. The molecule has 0 saturated carbocycles. The average molecular weight is 521 g/mol. The van der Waals surface area contributed by atoms with Crippen LogP contribution in [-0.4, -0.2) is 29.8 Å². The van der Waals surface area contributed by atoms with Crippen LogP contribution in [-0.2, 0) is 19.4 Å². The van der Waals surface area contributed by atoms with E-state index < -0.39 is 0 Å². The van der Waals surface area contributed by atoms with Crippen LogP contribution in [0.2, 0.25) is 0 Å². The highest BCUT2D eigenvalue weighted by molar-refractivity contribution is 5.80. The van der Waals surface area contributed by atoms with Gasteiger partial charge in [0.15, 0.2) is 0 Å². The number of hydrogen-bond acceptors (Lipinski definition) is 4. The number of rotatable bonds is 10. The molecule has 0 unspecified atom stereocenters. The predicted molar refractivity (Wildman–Crippen MR) is 156 cm³/mol. The van der Waals surface area contributed by atoms with Gasteiger partial charge in [-0.25, -0.2) is 4.79 Å². The monoisotopic (exact) mass is 520 g/mol. The van der Waals surface area contributed by atoms with Crippen molar-refractivity contribution in [1.82, 2.24) is 29.8 Å². The van der Waals surface area contributed by atoms with Gasteiger partial charge in [-0.05, 0) is 58.2 Å². The summed E-state index contributed by atoms with van der Waals surface area (Å²) < 4.78 is 3.85. The van der Waals surface area contributed by atoms with Crippen molar-refractivity contribution in [3.8, 4) is 28.2 Å². The molecule has 0 bridgehead atoms. The molecular formula is C32H36N6O. The summed E-state index contributed by atoms with van der Waals surface area (Å²) in [6, 6.07) is 22.9. The second kappa shape index (κ2) is 11.6. The van der Waals surface area contributed by atoms with Gasteiger partial charge in [-0.1, -0.05) is 101 Å². The molecule has 0 atom stereocenters. The number of aryl methyl sites for hydroxylation is 2. The quantitative estimate of drug-likeness (QED) is 0.226. The summed E-state index contributed by atoms with van der Waals surface area (Å²) >= 11 is 0. The normalized spacial score (nSPS) is 11.4. The molecule has 0 aliphatic carbocycles. The van der Waals surface area contributed by atoms with Crippen LogP contribution in [0.3, 0.4) is 0 Å². The zero-order chi connectivity index (χ0) is 27.4. The van der Waals surface area contributed by atoms with E-state index >= 15 is 0 Å². The Labute approximate surface area is 229 Å². The van der Waals surface area contributed by atoms with E-state index in [1.165, 1.54) is 11.1 Å². The van der Waals surface area contributed by atoms with Crippen LogP contribution in [0.15, 0.2) is 77.7 Å². The van der Waals surface area contributed by atoms with Gasteiger partial charge in [-0.15, -0.1) is 10.2 Å². The standard InChI is InChI=1S/C32H36N6O/c1-5-7-12-26-21-38(30-24(6-2)11-10-15-27(30)22(3)4)32(39)37(26)20-23-16-18-25(19-17-23)28-13-8-9-14-29(28)31-33-35-36-34-31/h8-11,13-19,21-22H,5-7,12,20H2,1-4H3,(H,33,34,35,36). The number of aromatic amines is 1. The Morgan fingerprint density at radius 2 is 1.69 bits per heavy atom. The fourth-order valence-electron chi connectivity index (χ4n) is 5.25. The van der Waals surface area contributed by atoms with Crippen molar-refractivity contribution >= 4 is 0 Å². The van der Waals surface area contributed by atoms with E-state index in [1.54, 1.807) is 0 Å². The lowest BCUT2D eigenvalue weighted by atomic mass is 9.96. The third kappa shape index (κ3) is 5.35. The molecule has 200 valence electrons. The van der Waals surface area contributed by atoms with Gasteiger partial charge in [-0.3, -0.25) is 9.13 Å². The summed E-state index contributed by atoms with van der Waals surface area (Å²) in [7, 11) is 0. The molecule has 0 amide bonds. The largest absolute Gasteiger partial charge is 0.333 e. The van der Waals surface area contributed by atoms with Crippen LogP contribution >= 0.6 is 0 Å². The van der Waals surface area contributed by atoms with Gasteiger partial charge in [0.1, 0.15) is 0 Å². The molecule has 0 aliphatic heterocycles. The SMILES string of the molecule is CCCCc1cn(-c2c(CC)cccc2C(C)C)c(=O)n1Cc1ccc(-c2ccccc2-c2nn[nH]n2)cc1. The fourth-order valence-corrected chi connectivity index (χ4v) is 5.25. The molecule has 0 radical (unpaired) electrons. The van der Waals surface area contributed by atoms with Crippen molar-refractivity contribution in [2.24, 2.45) is 0 Å². The van der Waals surface area contributed by atoms with E-state index in [0.29, 0.717) is 18.3 Å². The first-order valence-electron chi connectivity index (χ1n) is 13.9. The molecule has 0 saturated heterocycles. The number of benzene rings is 3. The molecular weight excluding hydrogens is 484 g/mol. The highest BCUT2D eigenvalue weighted by Crippen LogP contribution is 2.30. The third-order valence-electron chi connectivity index (χ3n) is 7.36. The number of hydrogen-bond donors (Lipinski definition) is 1. The Kier molecular flexibility index (Phi) is 7.87. The van der Waals surface area contributed by atoms with Crippen LogP contribution in [0.4, 0.5) is 0 Å². The van der Waals surface area contributed by atoms with Crippen LogP contribution in [0.1, 0.15) is 68.8 Å². The maximum Gasteiger partial charge on any atom is 0.333 e. The molecule has 7 nitrogen and oxygen atoms in total. The number of tetrazole rings is 1. The van der Waals surface area contributed by atoms with Gasteiger partial charge in [0, 0.05) is 17.5 Å². The Hall–Kier alpha value is -4.26. The summed E-state index contributed by atoms with van der Waals surface area (Å²) in [5.41, 5.74) is 8.66. The molecule has 3 aromatic carbocycles. The second-order valence-corrected chi connectivity index (χ2v) is 10.3. The first-order valence-corrected chi connectivity index (χ1v) is 13.9. The third-order valence-corrected chi connectivity index (χ3v) is 7.36. The first kappa shape index (κ1) is 26.4. The average Bonchev–Trinajstić information content (AvgIpc) is 3.61. The summed E-state index contributed by atoms with van der Waals surface area (Å²) in [4.78, 5) is 14.0. The van der Waals surface area contributed by atoms with Gasteiger partial charge < -0.3 is 0 Å². The van der Waals surface area contributed by atoms with Crippen LogP contribution < -0.4 is 5.69 Å². The van der Waals surface area contributed by atoms with Gasteiger partial charge in [0.05, 0.1) is 12.2 Å². The number of imidazole rings is 1. The van der Waals surface area contributed by atoms with E-state index in [1.807, 2.05) is 27.3 Å².